The lowest BCUT2D eigenvalue weighted by molar-refractivity contribution is -0.143. The van der Waals surface area contributed by atoms with Crippen LogP contribution in [-0.2, 0) is 19.1 Å². The molecule has 4 N–H and O–H groups in total. The number of hydrogen-bond acceptors (Lipinski definition) is 6. The van der Waals surface area contributed by atoms with Crippen LogP contribution in [0.3, 0.4) is 0 Å². The van der Waals surface area contributed by atoms with Crippen LogP contribution in [-0.4, -0.2) is 83.0 Å². The average Bonchev–Trinajstić information content (AvgIpc) is 3.16. The van der Waals surface area contributed by atoms with Gasteiger partial charge in [-0.2, -0.15) is 0 Å². The maximum Gasteiger partial charge on any atom is 0.410 e. The fraction of sp³-hybridized carbons (Fsp3) is 0.840. The van der Waals surface area contributed by atoms with Gasteiger partial charge in [0, 0.05) is 25.7 Å². The summed E-state index contributed by atoms with van der Waals surface area (Å²) in [6.07, 6.45) is 4.45. The number of rotatable bonds is 7. The largest absolute Gasteiger partial charge is 0.444 e. The SMILES string of the molecule is CC(C)NC(=O)C1CC(N)CN1C(=O)C(NC(=O)[C@H](C)N(C)C(=O)OC(C)(C)C)C1CCCCC1. The molecule has 0 aromatic carbocycles. The van der Waals surface area contributed by atoms with Gasteiger partial charge in [-0.25, -0.2) is 4.79 Å². The number of ether oxygens (including phenoxy) is 1. The maximum atomic E-state index is 13.8. The lowest BCUT2D eigenvalue weighted by Gasteiger charge is -2.36. The van der Waals surface area contributed by atoms with Gasteiger partial charge in [-0.1, -0.05) is 19.3 Å². The molecule has 1 aliphatic heterocycles. The summed E-state index contributed by atoms with van der Waals surface area (Å²) >= 11 is 0. The molecular weight excluding hydrogens is 450 g/mol. The molecular formula is C25H45N5O5. The highest BCUT2D eigenvalue weighted by molar-refractivity contribution is 5.94. The summed E-state index contributed by atoms with van der Waals surface area (Å²) in [6, 6.07) is -2.65. The third-order valence-corrected chi connectivity index (χ3v) is 6.68. The number of likely N-dealkylation sites (tertiary alicyclic amines) is 1. The molecule has 10 heteroatoms. The van der Waals surface area contributed by atoms with Crippen LogP contribution >= 0.6 is 0 Å². The Hall–Kier alpha value is -2.36. The monoisotopic (exact) mass is 495 g/mol. The second-order valence-electron chi connectivity index (χ2n) is 11.3. The highest BCUT2D eigenvalue weighted by Crippen LogP contribution is 2.29. The van der Waals surface area contributed by atoms with Gasteiger partial charge in [-0.05, 0) is 66.7 Å². The fourth-order valence-electron chi connectivity index (χ4n) is 4.71. The van der Waals surface area contributed by atoms with Crippen LogP contribution in [0, 0.1) is 5.92 Å². The van der Waals surface area contributed by atoms with Crippen LogP contribution in [0.25, 0.3) is 0 Å². The van der Waals surface area contributed by atoms with Crippen molar-refractivity contribution in [2.75, 3.05) is 13.6 Å². The first-order valence-electron chi connectivity index (χ1n) is 12.8. The van der Waals surface area contributed by atoms with Gasteiger partial charge in [0.2, 0.25) is 17.7 Å². The topological polar surface area (TPSA) is 134 Å². The number of nitrogens with two attached hydrogens (primary N) is 1. The predicted molar refractivity (Wildman–Crippen MR) is 133 cm³/mol. The highest BCUT2D eigenvalue weighted by atomic mass is 16.6. The summed E-state index contributed by atoms with van der Waals surface area (Å²) in [5.74, 6) is -0.985. The zero-order valence-electron chi connectivity index (χ0n) is 22.4. The minimum Gasteiger partial charge on any atom is -0.444 e. The van der Waals surface area contributed by atoms with Gasteiger partial charge in [-0.15, -0.1) is 0 Å². The molecule has 10 nitrogen and oxygen atoms in total. The molecule has 200 valence electrons. The Kier molecular flexibility index (Phi) is 9.94. The molecule has 0 aromatic rings. The average molecular weight is 496 g/mol. The van der Waals surface area contributed by atoms with E-state index in [2.05, 4.69) is 10.6 Å². The number of nitrogens with zero attached hydrogens (tertiary/aromatic N) is 2. The van der Waals surface area contributed by atoms with Crippen LogP contribution in [0.2, 0.25) is 0 Å². The van der Waals surface area contributed by atoms with Crippen molar-refractivity contribution in [2.24, 2.45) is 11.7 Å². The molecule has 2 aliphatic rings. The zero-order valence-corrected chi connectivity index (χ0v) is 22.4. The van der Waals surface area contributed by atoms with Crippen LogP contribution in [0.1, 0.15) is 80.1 Å². The Bertz CT molecular complexity index is 775. The quantitative estimate of drug-likeness (QED) is 0.493. The standard InChI is InChI=1S/C25H45N5O5/c1-15(2)27-22(32)19-13-18(26)14-30(19)23(33)20(17-11-9-8-10-12-17)28-21(31)16(3)29(7)24(34)35-25(4,5)6/h15-20H,8-14,26H2,1-7H3,(H,27,32)(H,28,31)/t16-,18?,19?,20?/m0/s1. The molecule has 1 heterocycles. The molecule has 0 bridgehead atoms. The van der Waals surface area contributed by atoms with Gasteiger partial charge < -0.3 is 26.0 Å². The number of carbonyl (C=O) groups excluding carboxylic acids is 4. The van der Waals surface area contributed by atoms with E-state index in [4.69, 9.17) is 10.5 Å². The lowest BCUT2D eigenvalue weighted by atomic mass is 9.83. The number of hydrogen-bond donors (Lipinski definition) is 3. The van der Waals surface area contributed by atoms with Gasteiger partial charge in [-0.3, -0.25) is 19.3 Å². The molecule has 0 radical (unpaired) electrons. The molecule has 4 atom stereocenters. The normalized spacial score (nSPS) is 22.9. The molecule has 0 spiro atoms. The van der Waals surface area contributed by atoms with Crippen LogP contribution < -0.4 is 16.4 Å². The van der Waals surface area contributed by atoms with Crippen molar-refractivity contribution in [3.63, 3.8) is 0 Å². The van der Waals surface area contributed by atoms with E-state index in [9.17, 15) is 19.2 Å². The van der Waals surface area contributed by atoms with E-state index in [0.29, 0.717) is 6.42 Å². The minimum absolute atomic E-state index is 0.0372. The number of carbonyl (C=O) groups is 4. The molecule has 1 aliphatic carbocycles. The smallest absolute Gasteiger partial charge is 0.410 e. The third-order valence-electron chi connectivity index (χ3n) is 6.68. The Labute approximate surface area is 209 Å². The summed E-state index contributed by atoms with van der Waals surface area (Å²) in [4.78, 5) is 55.1. The molecule has 35 heavy (non-hydrogen) atoms. The summed E-state index contributed by atoms with van der Waals surface area (Å²) in [5, 5.41) is 5.80. The van der Waals surface area contributed by atoms with Crippen molar-refractivity contribution in [1.82, 2.24) is 20.4 Å². The van der Waals surface area contributed by atoms with E-state index >= 15 is 0 Å². The van der Waals surface area contributed by atoms with Gasteiger partial charge in [0.05, 0.1) is 0 Å². The van der Waals surface area contributed by atoms with E-state index in [1.165, 1.54) is 16.8 Å². The molecule has 1 saturated carbocycles. The molecule has 4 amide bonds. The number of likely N-dealkylation sites (N-methyl/N-ethyl adjacent to an activating group) is 1. The predicted octanol–water partition coefficient (Wildman–Crippen LogP) is 1.76. The Morgan fingerprint density at radius 1 is 1.03 bits per heavy atom. The van der Waals surface area contributed by atoms with Crippen molar-refractivity contribution < 1.29 is 23.9 Å². The van der Waals surface area contributed by atoms with Crippen molar-refractivity contribution in [2.45, 2.75) is 116 Å². The molecule has 2 fully saturated rings. The van der Waals surface area contributed by atoms with Crippen molar-refractivity contribution in [3.05, 3.63) is 0 Å². The van der Waals surface area contributed by atoms with Crippen LogP contribution in [0.4, 0.5) is 4.79 Å². The molecule has 3 unspecified atom stereocenters. The van der Waals surface area contributed by atoms with Gasteiger partial charge in [0.25, 0.3) is 0 Å². The first-order valence-corrected chi connectivity index (χ1v) is 12.8. The molecule has 2 rings (SSSR count). The van der Waals surface area contributed by atoms with E-state index < -0.39 is 35.7 Å². The summed E-state index contributed by atoms with van der Waals surface area (Å²) in [5.41, 5.74) is 5.46. The minimum atomic E-state index is -0.843. The Balaban J connectivity index is 2.21. The first kappa shape index (κ1) is 28.9. The van der Waals surface area contributed by atoms with E-state index in [1.807, 2.05) is 13.8 Å². The summed E-state index contributed by atoms with van der Waals surface area (Å²) < 4.78 is 5.38. The zero-order chi connectivity index (χ0) is 26.5. The second-order valence-corrected chi connectivity index (χ2v) is 11.3. The van der Waals surface area contributed by atoms with E-state index in [-0.39, 0.29) is 36.4 Å². The van der Waals surface area contributed by atoms with Crippen molar-refractivity contribution in [1.29, 1.82) is 0 Å². The molecule has 1 saturated heterocycles. The number of amides is 4. The third kappa shape index (κ3) is 8.08. The summed E-state index contributed by atoms with van der Waals surface area (Å²) in [7, 11) is 1.50. The lowest BCUT2D eigenvalue weighted by Crippen LogP contribution is -2.59. The second kappa shape index (κ2) is 12.1. The molecule has 0 aromatic heterocycles. The van der Waals surface area contributed by atoms with Crippen molar-refractivity contribution in [3.8, 4) is 0 Å². The first-order chi connectivity index (χ1) is 16.2. The van der Waals surface area contributed by atoms with Gasteiger partial charge in [0.1, 0.15) is 23.7 Å². The maximum absolute atomic E-state index is 13.8. The van der Waals surface area contributed by atoms with Crippen molar-refractivity contribution >= 4 is 23.8 Å². The Morgan fingerprint density at radius 3 is 2.17 bits per heavy atom. The Morgan fingerprint density at radius 2 is 1.63 bits per heavy atom. The van der Waals surface area contributed by atoms with Crippen LogP contribution in [0.5, 0.6) is 0 Å². The number of nitrogens with one attached hydrogen (secondary N) is 2. The van der Waals surface area contributed by atoms with E-state index in [1.54, 1.807) is 27.7 Å². The van der Waals surface area contributed by atoms with E-state index in [0.717, 1.165) is 32.1 Å². The van der Waals surface area contributed by atoms with Gasteiger partial charge >= 0.3 is 6.09 Å². The fourth-order valence-corrected chi connectivity index (χ4v) is 4.71. The van der Waals surface area contributed by atoms with Crippen LogP contribution in [0.15, 0.2) is 0 Å². The van der Waals surface area contributed by atoms with Gasteiger partial charge in [0.15, 0.2) is 0 Å². The highest BCUT2D eigenvalue weighted by Gasteiger charge is 2.43. The summed E-state index contributed by atoms with van der Waals surface area (Å²) in [6.45, 7) is 10.9.